The van der Waals surface area contributed by atoms with Crippen molar-refractivity contribution in [3.63, 3.8) is 0 Å². The molecule has 0 aromatic rings. The summed E-state index contributed by atoms with van der Waals surface area (Å²) in [5.41, 5.74) is 0. The average Bonchev–Trinajstić information content (AvgIpc) is 3.18. The number of allylic oxidation sites excluding steroid dienone is 7. The molecule has 0 spiro atoms. The molecule has 0 aliphatic heterocycles. The lowest BCUT2D eigenvalue weighted by molar-refractivity contribution is -0.123. The highest BCUT2D eigenvalue weighted by Crippen LogP contribution is 2.14. The second-order valence-corrected chi connectivity index (χ2v) is 16.2. The highest BCUT2D eigenvalue weighted by atomic mass is 16.3. The van der Waals surface area contributed by atoms with E-state index in [-0.39, 0.29) is 12.5 Å². The summed E-state index contributed by atoms with van der Waals surface area (Å²) < 4.78 is 0. The van der Waals surface area contributed by atoms with E-state index in [0.29, 0.717) is 6.42 Å². The number of unbranched alkanes of at least 4 members (excludes halogenated alkanes) is 30. The molecule has 2 unspecified atom stereocenters. The molecule has 0 heterocycles. The van der Waals surface area contributed by atoms with Crippen LogP contribution in [0.25, 0.3) is 0 Å². The third kappa shape index (κ3) is 41.5. The van der Waals surface area contributed by atoms with Gasteiger partial charge in [-0.2, -0.15) is 0 Å². The Hall–Kier alpha value is -1.65. The van der Waals surface area contributed by atoms with Crippen LogP contribution in [0.15, 0.2) is 48.6 Å². The predicted molar refractivity (Wildman–Crippen MR) is 239 cm³/mol. The van der Waals surface area contributed by atoms with Crippen LogP contribution >= 0.6 is 0 Å². The van der Waals surface area contributed by atoms with Gasteiger partial charge in [-0.3, -0.25) is 4.79 Å². The molecule has 4 nitrogen and oxygen atoms in total. The van der Waals surface area contributed by atoms with Crippen LogP contribution in [0.1, 0.15) is 245 Å². The van der Waals surface area contributed by atoms with Gasteiger partial charge in [-0.05, 0) is 70.6 Å². The highest BCUT2D eigenvalue weighted by Gasteiger charge is 2.17. The highest BCUT2D eigenvalue weighted by molar-refractivity contribution is 5.76. The van der Waals surface area contributed by atoms with Gasteiger partial charge in [0.05, 0.1) is 18.8 Å². The zero-order chi connectivity index (χ0) is 39.3. The number of aliphatic hydroxyl groups is 2. The first kappa shape index (κ1) is 52.3. The second kappa shape index (κ2) is 45.7. The van der Waals surface area contributed by atoms with E-state index in [9.17, 15) is 15.0 Å². The molecule has 0 bridgehead atoms. The van der Waals surface area contributed by atoms with Crippen LogP contribution in [0.5, 0.6) is 0 Å². The van der Waals surface area contributed by atoms with Crippen molar-refractivity contribution in [2.45, 2.75) is 257 Å². The van der Waals surface area contributed by atoms with Crippen molar-refractivity contribution in [3.8, 4) is 0 Å². The molecule has 0 fully saturated rings. The lowest BCUT2D eigenvalue weighted by Crippen LogP contribution is -2.45. The van der Waals surface area contributed by atoms with Crippen molar-refractivity contribution in [3.05, 3.63) is 48.6 Å². The summed E-state index contributed by atoms with van der Waals surface area (Å²) in [7, 11) is 0. The topological polar surface area (TPSA) is 69.6 Å². The van der Waals surface area contributed by atoms with Crippen molar-refractivity contribution in [1.29, 1.82) is 0 Å². The van der Waals surface area contributed by atoms with E-state index < -0.39 is 12.1 Å². The van der Waals surface area contributed by atoms with Crippen LogP contribution in [0.2, 0.25) is 0 Å². The maximum Gasteiger partial charge on any atom is 0.220 e. The fraction of sp³-hybridized carbons (Fsp3) is 0.820. The van der Waals surface area contributed by atoms with Crippen molar-refractivity contribution < 1.29 is 15.0 Å². The van der Waals surface area contributed by atoms with Crippen LogP contribution in [-0.2, 0) is 4.79 Å². The molecule has 0 aromatic carbocycles. The Labute approximate surface area is 337 Å². The minimum absolute atomic E-state index is 0.0819. The molecule has 54 heavy (non-hydrogen) atoms. The normalized spacial score (nSPS) is 13.3. The summed E-state index contributed by atoms with van der Waals surface area (Å²) in [6.45, 7) is 4.30. The molecular weight excluding hydrogens is 663 g/mol. The molecule has 316 valence electrons. The summed E-state index contributed by atoms with van der Waals surface area (Å²) in [4.78, 5) is 12.4. The quantitative estimate of drug-likeness (QED) is 0.0429. The van der Waals surface area contributed by atoms with Crippen LogP contribution in [0.4, 0.5) is 0 Å². The van der Waals surface area contributed by atoms with Gasteiger partial charge in [0.15, 0.2) is 0 Å². The van der Waals surface area contributed by atoms with Crippen LogP contribution in [0.3, 0.4) is 0 Å². The van der Waals surface area contributed by atoms with Gasteiger partial charge in [0.1, 0.15) is 0 Å². The maximum absolute atomic E-state index is 12.4. The minimum Gasteiger partial charge on any atom is -0.394 e. The van der Waals surface area contributed by atoms with Gasteiger partial charge in [0.2, 0.25) is 5.91 Å². The average molecular weight is 756 g/mol. The van der Waals surface area contributed by atoms with Gasteiger partial charge in [-0.15, -0.1) is 0 Å². The Kier molecular flexibility index (Phi) is 44.3. The largest absolute Gasteiger partial charge is 0.394 e. The fourth-order valence-corrected chi connectivity index (χ4v) is 7.09. The van der Waals surface area contributed by atoms with Crippen LogP contribution in [0, 0.1) is 0 Å². The molecule has 0 aromatic heterocycles. The van der Waals surface area contributed by atoms with E-state index in [1.54, 1.807) is 6.08 Å². The second-order valence-electron chi connectivity index (χ2n) is 16.2. The summed E-state index contributed by atoms with van der Waals surface area (Å²) in [5.74, 6) is -0.0819. The first-order valence-corrected chi connectivity index (χ1v) is 23.9. The molecular formula is C50H93NO3. The molecule has 3 N–H and O–H groups in total. The standard InChI is InChI=1S/C50H93NO3/c1-3-5-7-9-11-13-15-17-19-21-23-24-25-26-28-29-31-33-35-37-39-41-43-45-49(53)48(47-52)51-50(54)46-44-42-40-38-36-34-32-30-27-22-20-18-16-14-12-10-8-6-4-2/h22,27-29,35,37,43,45,48-49,52-53H,3-21,23-26,30-34,36,38-42,44,46-47H2,1-2H3,(H,51,54)/b27-22-,29-28+,37-35+,45-43+. The zero-order valence-electron chi connectivity index (χ0n) is 36.2. The molecule has 0 saturated heterocycles. The van der Waals surface area contributed by atoms with Gasteiger partial charge in [-0.1, -0.05) is 217 Å². The Morgan fingerprint density at radius 2 is 0.722 bits per heavy atom. The summed E-state index contributed by atoms with van der Waals surface area (Å²) >= 11 is 0. The van der Waals surface area contributed by atoms with E-state index in [1.807, 2.05) is 6.08 Å². The van der Waals surface area contributed by atoms with E-state index in [0.717, 1.165) is 38.5 Å². The van der Waals surface area contributed by atoms with E-state index in [1.165, 1.54) is 186 Å². The minimum atomic E-state index is -0.872. The molecule has 0 aliphatic carbocycles. The van der Waals surface area contributed by atoms with Crippen molar-refractivity contribution in [2.75, 3.05) is 6.61 Å². The number of carbonyl (C=O) groups excluding carboxylic acids is 1. The molecule has 0 radical (unpaired) electrons. The van der Waals surface area contributed by atoms with E-state index >= 15 is 0 Å². The van der Waals surface area contributed by atoms with Crippen LogP contribution < -0.4 is 5.32 Å². The lowest BCUT2D eigenvalue weighted by Gasteiger charge is -2.19. The molecule has 0 aliphatic rings. The molecule has 2 atom stereocenters. The molecule has 1 amide bonds. The number of hydrogen-bond acceptors (Lipinski definition) is 3. The maximum atomic E-state index is 12.4. The number of nitrogens with one attached hydrogen (secondary N) is 1. The first-order valence-electron chi connectivity index (χ1n) is 23.9. The van der Waals surface area contributed by atoms with Crippen molar-refractivity contribution in [2.24, 2.45) is 0 Å². The number of amides is 1. The summed E-state index contributed by atoms with van der Waals surface area (Å²) in [6, 6.07) is -0.648. The Bertz CT molecular complexity index is 862. The Balaban J connectivity index is 3.63. The van der Waals surface area contributed by atoms with Gasteiger partial charge in [-0.25, -0.2) is 0 Å². The van der Waals surface area contributed by atoms with Gasteiger partial charge in [0, 0.05) is 6.42 Å². The number of aliphatic hydroxyl groups excluding tert-OH is 2. The fourth-order valence-electron chi connectivity index (χ4n) is 7.09. The van der Waals surface area contributed by atoms with Gasteiger partial charge in [0.25, 0.3) is 0 Å². The van der Waals surface area contributed by atoms with E-state index in [4.69, 9.17) is 0 Å². The first-order chi connectivity index (χ1) is 26.7. The smallest absolute Gasteiger partial charge is 0.220 e. The third-order valence-electron chi connectivity index (χ3n) is 10.8. The third-order valence-corrected chi connectivity index (χ3v) is 10.8. The number of rotatable bonds is 43. The SMILES string of the molecule is CCCCCCCCCC/C=C\CCCCCCCCCC(=O)NC(CO)C(O)/C=C/CC/C=C/CC/C=C/CCCCCCCCCCCCCCC. The van der Waals surface area contributed by atoms with Crippen molar-refractivity contribution >= 4 is 5.91 Å². The number of carbonyl (C=O) groups is 1. The molecule has 4 heteroatoms. The zero-order valence-corrected chi connectivity index (χ0v) is 36.2. The lowest BCUT2D eigenvalue weighted by atomic mass is 10.0. The Morgan fingerprint density at radius 3 is 1.07 bits per heavy atom. The predicted octanol–water partition coefficient (Wildman–Crippen LogP) is 15.1. The summed E-state index contributed by atoms with van der Waals surface area (Å²) in [6.07, 6.45) is 62.3. The van der Waals surface area contributed by atoms with Crippen LogP contribution in [-0.4, -0.2) is 34.9 Å². The summed E-state index contributed by atoms with van der Waals surface area (Å²) in [5, 5.41) is 23.0. The van der Waals surface area contributed by atoms with E-state index in [2.05, 4.69) is 55.6 Å². The molecule has 0 saturated carbocycles. The Morgan fingerprint density at radius 1 is 0.426 bits per heavy atom. The van der Waals surface area contributed by atoms with Crippen molar-refractivity contribution in [1.82, 2.24) is 5.32 Å². The number of hydrogen-bond donors (Lipinski definition) is 3. The monoisotopic (exact) mass is 756 g/mol. The van der Waals surface area contributed by atoms with Gasteiger partial charge < -0.3 is 15.5 Å². The molecule has 0 rings (SSSR count). The van der Waals surface area contributed by atoms with Gasteiger partial charge >= 0.3 is 0 Å².